The van der Waals surface area contributed by atoms with Crippen molar-refractivity contribution in [3.63, 3.8) is 0 Å². The molecule has 4 heteroatoms. The molecule has 1 aromatic carbocycles. The van der Waals surface area contributed by atoms with Crippen LogP contribution in [-0.2, 0) is 0 Å². The molecule has 58 valence electrons. The van der Waals surface area contributed by atoms with Gasteiger partial charge in [-0.1, -0.05) is 12.1 Å². The van der Waals surface area contributed by atoms with Crippen LogP contribution in [0.1, 0.15) is 5.56 Å². The van der Waals surface area contributed by atoms with E-state index in [1.165, 1.54) is 0 Å². The van der Waals surface area contributed by atoms with Gasteiger partial charge in [0.1, 0.15) is 0 Å². The maximum atomic E-state index is 8.77. The number of aryl methyl sites for hydroxylation is 1. The second kappa shape index (κ2) is 2.94. The maximum absolute atomic E-state index is 8.77. The fraction of sp³-hybridized carbons (Fsp3) is 0.143. The average molecular weight is 151 g/mol. The number of rotatable bonds is 1. The smallest absolute Gasteiger partial charge is 0.423 e. The minimum Gasteiger partial charge on any atom is -0.423 e. The minimum atomic E-state index is -1.48. The first-order valence-electron chi connectivity index (χ1n) is 3.33. The zero-order chi connectivity index (χ0) is 8.43. The van der Waals surface area contributed by atoms with E-state index in [1.54, 1.807) is 18.2 Å². The lowest BCUT2D eigenvalue weighted by Gasteiger charge is -2.03. The SMILES string of the molecule is Cc1ccc(B(O)O)c(N)c1. The van der Waals surface area contributed by atoms with E-state index < -0.39 is 7.12 Å². The Balaban J connectivity index is 3.09. The summed E-state index contributed by atoms with van der Waals surface area (Å²) in [5.41, 5.74) is 7.28. The summed E-state index contributed by atoms with van der Waals surface area (Å²) in [6.07, 6.45) is 0. The highest BCUT2D eigenvalue weighted by molar-refractivity contribution is 6.60. The number of hydrogen-bond donors (Lipinski definition) is 3. The normalized spacial score (nSPS) is 9.73. The fourth-order valence-electron chi connectivity index (χ4n) is 0.929. The lowest BCUT2D eigenvalue weighted by molar-refractivity contribution is 0.426. The van der Waals surface area contributed by atoms with E-state index >= 15 is 0 Å². The lowest BCUT2D eigenvalue weighted by atomic mass is 9.79. The van der Waals surface area contributed by atoms with Gasteiger partial charge in [0.2, 0.25) is 0 Å². The van der Waals surface area contributed by atoms with Crippen LogP contribution in [0.2, 0.25) is 0 Å². The van der Waals surface area contributed by atoms with Crippen molar-refractivity contribution in [3.8, 4) is 0 Å². The van der Waals surface area contributed by atoms with Gasteiger partial charge in [-0.05, 0) is 18.6 Å². The molecule has 0 aliphatic heterocycles. The predicted octanol–water partition coefficient (Wildman–Crippen LogP) is -0.743. The Morgan fingerprint density at radius 3 is 2.45 bits per heavy atom. The van der Waals surface area contributed by atoms with Gasteiger partial charge in [-0.25, -0.2) is 0 Å². The Morgan fingerprint density at radius 2 is 2.00 bits per heavy atom. The van der Waals surface area contributed by atoms with E-state index in [-0.39, 0.29) is 0 Å². The first kappa shape index (κ1) is 8.10. The first-order chi connectivity index (χ1) is 5.11. The Labute approximate surface area is 65.6 Å². The molecule has 0 aliphatic rings. The van der Waals surface area contributed by atoms with E-state index in [0.29, 0.717) is 11.2 Å². The zero-order valence-electron chi connectivity index (χ0n) is 6.28. The summed E-state index contributed by atoms with van der Waals surface area (Å²) in [5.74, 6) is 0. The van der Waals surface area contributed by atoms with Gasteiger partial charge in [-0.2, -0.15) is 0 Å². The molecule has 4 N–H and O–H groups in total. The van der Waals surface area contributed by atoms with E-state index in [2.05, 4.69) is 0 Å². The molecular formula is C7H10BNO2. The van der Waals surface area contributed by atoms with Crippen LogP contribution in [0.25, 0.3) is 0 Å². The molecule has 0 heterocycles. The van der Waals surface area contributed by atoms with Crippen LogP contribution in [-0.4, -0.2) is 17.2 Å². The third-order valence-electron chi connectivity index (χ3n) is 1.52. The molecule has 0 atom stereocenters. The van der Waals surface area contributed by atoms with Gasteiger partial charge in [-0.15, -0.1) is 0 Å². The topological polar surface area (TPSA) is 66.5 Å². The molecule has 0 aliphatic carbocycles. The van der Waals surface area contributed by atoms with Gasteiger partial charge >= 0.3 is 7.12 Å². The summed E-state index contributed by atoms with van der Waals surface area (Å²) in [7, 11) is -1.48. The summed E-state index contributed by atoms with van der Waals surface area (Å²) in [6.45, 7) is 1.89. The van der Waals surface area contributed by atoms with E-state index in [9.17, 15) is 0 Å². The lowest BCUT2D eigenvalue weighted by Crippen LogP contribution is -2.32. The molecule has 0 spiro atoms. The van der Waals surface area contributed by atoms with Crippen LogP contribution in [0.15, 0.2) is 18.2 Å². The summed E-state index contributed by atoms with van der Waals surface area (Å²) in [6, 6.07) is 5.09. The van der Waals surface area contributed by atoms with Crippen molar-refractivity contribution in [2.45, 2.75) is 6.92 Å². The highest BCUT2D eigenvalue weighted by Gasteiger charge is 2.13. The Bertz CT molecular complexity index is 263. The number of hydrogen-bond acceptors (Lipinski definition) is 3. The summed E-state index contributed by atoms with van der Waals surface area (Å²) >= 11 is 0. The van der Waals surface area contributed by atoms with E-state index in [0.717, 1.165) is 5.56 Å². The molecule has 1 rings (SSSR count). The highest BCUT2D eigenvalue weighted by atomic mass is 16.4. The molecule has 0 bridgehead atoms. The first-order valence-corrected chi connectivity index (χ1v) is 3.33. The second-order valence-corrected chi connectivity index (χ2v) is 2.51. The standard InChI is InChI=1S/C7H10BNO2/c1-5-2-3-6(8(10)11)7(9)4-5/h2-4,10-11H,9H2,1H3. The molecule has 0 saturated carbocycles. The summed E-state index contributed by atoms with van der Waals surface area (Å²) in [4.78, 5) is 0. The van der Waals surface area contributed by atoms with Gasteiger partial charge in [0.15, 0.2) is 0 Å². The van der Waals surface area contributed by atoms with Gasteiger partial charge in [0.25, 0.3) is 0 Å². The Hall–Kier alpha value is -0.995. The van der Waals surface area contributed by atoms with Crippen molar-refractivity contribution in [3.05, 3.63) is 23.8 Å². The second-order valence-electron chi connectivity index (χ2n) is 2.51. The van der Waals surface area contributed by atoms with Crippen molar-refractivity contribution < 1.29 is 10.0 Å². The molecule has 11 heavy (non-hydrogen) atoms. The van der Waals surface area contributed by atoms with Gasteiger partial charge in [0.05, 0.1) is 0 Å². The zero-order valence-corrected chi connectivity index (χ0v) is 6.28. The Kier molecular flexibility index (Phi) is 2.17. The van der Waals surface area contributed by atoms with Gasteiger partial charge in [0, 0.05) is 11.2 Å². The summed E-state index contributed by atoms with van der Waals surface area (Å²) in [5, 5.41) is 17.5. The minimum absolute atomic E-state index is 0.357. The van der Waals surface area contributed by atoms with Crippen LogP contribution in [0.3, 0.4) is 0 Å². The largest absolute Gasteiger partial charge is 0.490 e. The number of nitrogens with two attached hydrogens (primary N) is 1. The van der Waals surface area contributed by atoms with Crippen molar-refractivity contribution in [2.24, 2.45) is 0 Å². The average Bonchev–Trinajstić information content (AvgIpc) is 1.85. The number of nitrogen functional groups attached to an aromatic ring is 1. The number of benzene rings is 1. The molecule has 0 unspecified atom stereocenters. The molecule has 0 radical (unpaired) electrons. The van der Waals surface area contributed by atoms with Gasteiger partial charge < -0.3 is 15.8 Å². The molecule has 1 aromatic rings. The Morgan fingerprint density at radius 1 is 1.36 bits per heavy atom. The molecule has 0 saturated heterocycles. The molecular weight excluding hydrogens is 141 g/mol. The summed E-state index contributed by atoms with van der Waals surface area (Å²) < 4.78 is 0. The predicted molar refractivity (Wildman–Crippen MR) is 45.4 cm³/mol. The fourth-order valence-corrected chi connectivity index (χ4v) is 0.929. The van der Waals surface area contributed by atoms with Crippen LogP contribution >= 0.6 is 0 Å². The number of anilines is 1. The molecule has 0 aromatic heterocycles. The van der Waals surface area contributed by atoms with Crippen LogP contribution < -0.4 is 11.2 Å². The van der Waals surface area contributed by atoms with E-state index in [4.69, 9.17) is 15.8 Å². The molecule has 3 nitrogen and oxygen atoms in total. The highest BCUT2D eigenvalue weighted by Crippen LogP contribution is 2.02. The van der Waals surface area contributed by atoms with Crippen molar-refractivity contribution >= 4 is 18.3 Å². The van der Waals surface area contributed by atoms with Crippen LogP contribution in [0, 0.1) is 6.92 Å². The van der Waals surface area contributed by atoms with Crippen LogP contribution in [0.4, 0.5) is 5.69 Å². The monoisotopic (exact) mass is 151 g/mol. The molecule has 0 fully saturated rings. The van der Waals surface area contributed by atoms with Gasteiger partial charge in [-0.3, -0.25) is 0 Å². The third kappa shape index (κ3) is 1.72. The quantitative estimate of drug-likeness (QED) is 0.365. The molecule has 0 amide bonds. The van der Waals surface area contributed by atoms with Crippen molar-refractivity contribution in [1.29, 1.82) is 0 Å². The third-order valence-corrected chi connectivity index (χ3v) is 1.52. The maximum Gasteiger partial charge on any atom is 0.490 e. The van der Waals surface area contributed by atoms with E-state index in [1.807, 2.05) is 6.92 Å². The van der Waals surface area contributed by atoms with Crippen molar-refractivity contribution in [1.82, 2.24) is 0 Å². The van der Waals surface area contributed by atoms with Crippen LogP contribution in [0.5, 0.6) is 0 Å². The van der Waals surface area contributed by atoms with Crippen molar-refractivity contribution in [2.75, 3.05) is 5.73 Å².